The number of rotatable bonds is 9. The molecule has 0 aliphatic heterocycles. The summed E-state index contributed by atoms with van der Waals surface area (Å²) in [6, 6.07) is 6.12. The molecule has 1 atom stereocenters. The molecule has 1 aromatic carbocycles. The minimum Gasteiger partial charge on any atom is -0.352 e. The van der Waals surface area contributed by atoms with Gasteiger partial charge in [-0.05, 0) is 37.0 Å². The number of nitrogens with one attached hydrogen (secondary N) is 3. The zero-order valence-corrected chi connectivity index (χ0v) is 13.8. The predicted molar refractivity (Wildman–Crippen MR) is 92.3 cm³/mol. The van der Waals surface area contributed by atoms with Crippen LogP contribution >= 0.6 is 0 Å². The molecule has 0 fully saturated rings. The monoisotopic (exact) mass is 335 g/mol. The Balaban J connectivity index is 2.63. The maximum Gasteiger partial charge on any atom is 0.312 e. The number of amides is 4. The number of benzene rings is 1. The number of carbonyl (C=O) groups excluding carboxylic acids is 3. The summed E-state index contributed by atoms with van der Waals surface area (Å²) < 4.78 is 0. The third kappa shape index (κ3) is 7.10. The Morgan fingerprint density at radius 3 is 2.38 bits per heavy atom. The summed E-state index contributed by atoms with van der Waals surface area (Å²) in [6.45, 7) is 2.17. The van der Waals surface area contributed by atoms with Crippen LogP contribution in [0.5, 0.6) is 0 Å². The fraction of sp³-hybridized carbons (Fsp3) is 0.438. The van der Waals surface area contributed by atoms with Crippen LogP contribution in [0.4, 0.5) is 10.5 Å². The van der Waals surface area contributed by atoms with Gasteiger partial charge in [-0.2, -0.15) is 0 Å². The van der Waals surface area contributed by atoms with Crippen LogP contribution in [0.25, 0.3) is 0 Å². The van der Waals surface area contributed by atoms with E-state index >= 15 is 0 Å². The Morgan fingerprint density at radius 2 is 1.83 bits per heavy atom. The lowest BCUT2D eigenvalue weighted by atomic mass is 10.1. The second-order valence-electron chi connectivity index (χ2n) is 5.30. The SMILES string of the molecule is CCc1ccc(NC(=O)C(CCCNC(N)=O)NC(=O)CN)cc1. The number of hydrogen-bond acceptors (Lipinski definition) is 4. The number of carbonyl (C=O) groups is 3. The van der Waals surface area contributed by atoms with Crippen molar-refractivity contribution in [1.29, 1.82) is 0 Å². The first kappa shape index (κ1) is 19.4. The van der Waals surface area contributed by atoms with Gasteiger partial charge in [-0.25, -0.2) is 4.79 Å². The maximum atomic E-state index is 12.4. The molecule has 0 radical (unpaired) electrons. The Kier molecular flexibility index (Phi) is 8.28. The van der Waals surface area contributed by atoms with Gasteiger partial charge in [0.1, 0.15) is 6.04 Å². The molecule has 0 saturated heterocycles. The van der Waals surface area contributed by atoms with Crippen LogP contribution in [-0.4, -0.2) is 37.0 Å². The van der Waals surface area contributed by atoms with Gasteiger partial charge in [0.15, 0.2) is 0 Å². The topological polar surface area (TPSA) is 139 Å². The fourth-order valence-corrected chi connectivity index (χ4v) is 2.09. The summed E-state index contributed by atoms with van der Waals surface area (Å²) in [5.41, 5.74) is 12.1. The van der Waals surface area contributed by atoms with Crippen LogP contribution < -0.4 is 27.4 Å². The fourth-order valence-electron chi connectivity index (χ4n) is 2.09. The lowest BCUT2D eigenvalue weighted by Crippen LogP contribution is -2.46. The van der Waals surface area contributed by atoms with E-state index in [4.69, 9.17) is 11.5 Å². The summed E-state index contributed by atoms with van der Waals surface area (Å²) in [5, 5.41) is 7.78. The summed E-state index contributed by atoms with van der Waals surface area (Å²) >= 11 is 0. The van der Waals surface area contributed by atoms with E-state index in [1.54, 1.807) is 0 Å². The lowest BCUT2D eigenvalue weighted by Gasteiger charge is -2.18. The Bertz CT molecular complexity index is 559. The molecular formula is C16H25N5O3. The van der Waals surface area contributed by atoms with E-state index in [1.165, 1.54) is 5.56 Å². The summed E-state index contributed by atoms with van der Waals surface area (Å²) in [6.07, 6.45) is 1.75. The quantitative estimate of drug-likeness (QED) is 0.408. The second kappa shape index (κ2) is 10.2. The van der Waals surface area contributed by atoms with Crippen molar-refractivity contribution < 1.29 is 14.4 Å². The highest BCUT2D eigenvalue weighted by Gasteiger charge is 2.20. The van der Waals surface area contributed by atoms with E-state index < -0.39 is 18.0 Å². The molecule has 7 N–H and O–H groups in total. The average molecular weight is 335 g/mol. The van der Waals surface area contributed by atoms with Crippen molar-refractivity contribution in [1.82, 2.24) is 10.6 Å². The number of primary amides is 1. The molecular weight excluding hydrogens is 310 g/mol. The second-order valence-corrected chi connectivity index (χ2v) is 5.30. The molecule has 0 spiro atoms. The summed E-state index contributed by atoms with van der Waals surface area (Å²) in [4.78, 5) is 34.5. The van der Waals surface area contributed by atoms with Gasteiger partial charge in [-0.15, -0.1) is 0 Å². The van der Waals surface area contributed by atoms with Gasteiger partial charge < -0.3 is 27.4 Å². The van der Waals surface area contributed by atoms with E-state index in [0.717, 1.165) is 6.42 Å². The van der Waals surface area contributed by atoms with Crippen molar-refractivity contribution >= 4 is 23.5 Å². The molecule has 0 aromatic heterocycles. The molecule has 8 heteroatoms. The predicted octanol–water partition coefficient (Wildman–Crippen LogP) is 0.0795. The van der Waals surface area contributed by atoms with E-state index in [9.17, 15) is 14.4 Å². The Hall–Kier alpha value is -2.61. The van der Waals surface area contributed by atoms with Gasteiger partial charge in [0.2, 0.25) is 11.8 Å². The van der Waals surface area contributed by atoms with Gasteiger partial charge in [0, 0.05) is 12.2 Å². The van der Waals surface area contributed by atoms with Crippen molar-refractivity contribution in [2.45, 2.75) is 32.2 Å². The van der Waals surface area contributed by atoms with Crippen molar-refractivity contribution in [2.24, 2.45) is 11.5 Å². The van der Waals surface area contributed by atoms with E-state index in [1.807, 2.05) is 31.2 Å². The van der Waals surface area contributed by atoms with E-state index in [2.05, 4.69) is 16.0 Å². The van der Waals surface area contributed by atoms with Crippen molar-refractivity contribution in [3.05, 3.63) is 29.8 Å². The van der Waals surface area contributed by atoms with Crippen molar-refractivity contribution in [3.8, 4) is 0 Å². The molecule has 24 heavy (non-hydrogen) atoms. The highest BCUT2D eigenvalue weighted by atomic mass is 16.2. The standard InChI is InChI=1S/C16H25N5O3/c1-2-11-5-7-12(8-6-11)20-15(23)13(21-14(22)10-17)4-3-9-19-16(18)24/h5-8,13H,2-4,9-10,17H2,1H3,(H,20,23)(H,21,22)(H3,18,19,24). The largest absolute Gasteiger partial charge is 0.352 e. The molecule has 1 rings (SSSR count). The molecule has 132 valence electrons. The smallest absolute Gasteiger partial charge is 0.312 e. The molecule has 1 unspecified atom stereocenters. The molecule has 0 saturated carbocycles. The third-order valence-corrected chi connectivity index (χ3v) is 3.44. The number of urea groups is 1. The average Bonchev–Trinajstić information content (AvgIpc) is 2.57. The molecule has 1 aromatic rings. The molecule has 0 aliphatic carbocycles. The normalized spacial score (nSPS) is 11.4. The molecule has 0 aliphatic rings. The lowest BCUT2D eigenvalue weighted by molar-refractivity contribution is -0.125. The third-order valence-electron chi connectivity index (χ3n) is 3.44. The van der Waals surface area contributed by atoms with Gasteiger partial charge >= 0.3 is 6.03 Å². The minimum atomic E-state index is -0.735. The van der Waals surface area contributed by atoms with Gasteiger partial charge in [0.25, 0.3) is 0 Å². The van der Waals surface area contributed by atoms with Gasteiger partial charge in [-0.3, -0.25) is 9.59 Å². The van der Waals surface area contributed by atoms with Crippen LogP contribution in [-0.2, 0) is 16.0 Å². The molecule has 0 heterocycles. The highest BCUT2D eigenvalue weighted by molar-refractivity contribution is 5.97. The first-order chi connectivity index (χ1) is 11.5. The van der Waals surface area contributed by atoms with Crippen LogP contribution in [0.2, 0.25) is 0 Å². The zero-order chi connectivity index (χ0) is 17.9. The van der Waals surface area contributed by atoms with Crippen LogP contribution in [0.3, 0.4) is 0 Å². The van der Waals surface area contributed by atoms with Crippen molar-refractivity contribution in [3.63, 3.8) is 0 Å². The first-order valence-corrected chi connectivity index (χ1v) is 7.88. The molecule has 4 amide bonds. The van der Waals surface area contributed by atoms with E-state index in [0.29, 0.717) is 25.1 Å². The number of nitrogens with two attached hydrogens (primary N) is 2. The van der Waals surface area contributed by atoms with Crippen molar-refractivity contribution in [2.75, 3.05) is 18.4 Å². The van der Waals surface area contributed by atoms with Crippen LogP contribution in [0, 0.1) is 0 Å². The minimum absolute atomic E-state index is 0.200. The number of anilines is 1. The molecule has 8 nitrogen and oxygen atoms in total. The van der Waals surface area contributed by atoms with Gasteiger partial charge in [-0.1, -0.05) is 19.1 Å². The highest BCUT2D eigenvalue weighted by Crippen LogP contribution is 2.11. The number of hydrogen-bond donors (Lipinski definition) is 5. The van der Waals surface area contributed by atoms with Crippen LogP contribution in [0.15, 0.2) is 24.3 Å². The number of aryl methyl sites for hydroxylation is 1. The van der Waals surface area contributed by atoms with E-state index in [-0.39, 0.29) is 12.5 Å². The zero-order valence-electron chi connectivity index (χ0n) is 13.8. The Labute approximate surface area is 141 Å². The van der Waals surface area contributed by atoms with Crippen LogP contribution in [0.1, 0.15) is 25.3 Å². The summed E-state index contributed by atoms with van der Waals surface area (Å²) in [5.74, 6) is -0.750. The van der Waals surface area contributed by atoms with Gasteiger partial charge in [0.05, 0.1) is 6.54 Å². The molecule has 0 bridgehead atoms. The summed E-state index contributed by atoms with van der Waals surface area (Å²) in [7, 11) is 0. The first-order valence-electron chi connectivity index (χ1n) is 7.88. The maximum absolute atomic E-state index is 12.4. The Morgan fingerprint density at radius 1 is 1.17 bits per heavy atom.